The van der Waals surface area contributed by atoms with Crippen LogP contribution in [0.3, 0.4) is 0 Å². The Hall–Kier alpha value is -3.35. The van der Waals surface area contributed by atoms with Crippen LogP contribution in [0.5, 0.6) is 5.75 Å². The summed E-state index contributed by atoms with van der Waals surface area (Å²) in [6.45, 7) is 1.72. The van der Waals surface area contributed by atoms with Crippen molar-refractivity contribution >= 4 is 46.5 Å². The van der Waals surface area contributed by atoms with Crippen LogP contribution in [0.25, 0.3) is 0 Å². The van der Waals surface area contributed by atoms with Gasteiger partial charge in [-0.2, -0.15) is 0 Å². The summed E-state index contributed by atoms with van der Waals surface area (Å²) in [5, 5.41) is -0.229. The fourth-order valence-corrected chi connectivity index (χ4v) is 7.82. The first-order valence-corrected chi connectivity index (χ1v) is 13.5. The number of carbonyl (C=O) groups excluding carboxylic acids is 3. The van der Waals surface area contributed by atoms with Gasteiger partial charge in [-0.1, -0.05) is 23.1 Å². The molecule has 0 unspecified atom stereocenters. The van der Waals surface area contributed by atoms with Gasteiger partial charge < -0.3 is 18.8 Å². The fraction of sp³-hybridized carbons (Fsp3) is 0.360. The quantitative estimate of drug-likeness (QED) is 0.452. The third-order valence-electron chi connectivity index (χ3n) is 6.89. The Morgan fingerprint density at radius 1 is 1.08 bits per heavy atom. The highest BCUT2D eigenvalue weighted by molar-refractivity contribution is 8.00. The van der Waals surface area contributed by atoms with E-state index in [0.29, 0.717) is 53.4 Å². The number of furan rings is 1. The topological polar surface area (TPSA) is 111 Å². The number of ether oxygens (including phenoxy) is 2. The molecule has 5 heterocycles. The molecule has 3 atom stereocenters. The maximum atomic E-state index is 13.8. The Bertz CT molecular complexity index is 1410. The van der Waals surface area contributed by atoms with Gasteiger partial charge in [0.05, 0.1) is 54.0 Å². The van der Waals surface area contributed by atoms with Crippen molar-refractivity contribution in [1.82, 2.24) is 9.47 Å². The van der Waals surface area contributed by atoms with Crippen LogP contribution in [0.4, 0.5) is 5.69 Å². The van der Waals surface area contributed by atoms with Gasteiger partial charge in [0.2, 0.25) is 17.7 Å². The van der Waals surface area contributed by atoms with Crippen LogP contribution in [0.2, 0.25) is 0 Å². The number of hydrogen-bond acceptors (Lipinski definition) is 9. The number of morpholine rings is 1. The Morgan fingerprint density at radius 3 is 2.51 bits per heavy atom. The van der Waals surface area contributed by atoms with Crippen LogP contribution in [0.15, 0.2) is 56.9 Å². The lowest BCUT2D eigenvalue weighted by Crippen LogP contribution is -2.43. The summed E-state index contributed by atoms with van der Waals surface area (Å²) in [6, 6.07) is 10.2. The average Bonchev–Trinajstić information content (AvgIpc) is 3.62. The number of thioether (sulfide) groups is 1. The molecule has 2 aromatic heterocycles. The maximum Gasteiger partial charge on any atom is 0.308 e. The van der Waals surface area contributed by atoms with Gasteiger partial charge in [-0.15, -0.1) is 0 Å². The first-order chi connectivity index (χ1) is 18.0. The molecule has 37 heavy (non-hydrogen) atoms. The van der Waals surface area contributed by atoms with Gasteiger partial charge in [-0.25, -0.2) is 4.90 Å². The first-order valence-electron chi connectivity index (χ1n) is 11.8. The monoisotopic (exact) mass is 541 g/mol. The zero-order chi connectivity index (χ0) is 25.7. The predicted octanol–water partition coefficient (Wildman–Crippen LogP) is 2.17. The standard InChI is InChI=1S/C25H23N3O7S2/c1-33-15-6-4-14(5-7-15)28-22(30)19-18(16-3-2-10-35-16)21-24(36-20(19)23(28)31)27(25(32)37-21)13-17(29)26-8-11-34-12-9-26/h2-7,10,18-20H,8-9,11-13H2,1H3/t18-,19-,20+/m0/s1. The molecule has 3 aliphatic rings. The fourth-order valence-electron chi connectivity index (χ4n) is 5.06. The van der Waals surface area contributed by atoms with Crippen LogP contribution in [-0.2, 0) is 25.7 Å². The number of anilines is 1. The van der Waals surface area contributed by atoms with E-state index in [2.05, 4.69) is 0 Å². The summed E-state index contributed by atoms with van der Waals surface area (Å²) in [4.78, 5) is 56.8. The zero-order valence-electron chi connectivity index (χ0n) is 19.8. The molecule has 2 fully saturated rings. The number of aromatic nitrogens is 1. The molecule has 192 valence electrons. The third kappa shape index (κ3) is 3.99. The van der Waals surface area contributed by atoms with Crippen molar-refractivity contribution in [2.24, 2.45) is 5.92 Å². The Kier molecular flexibility index (Phi) is 6.17. The van der Waals surface area contributed by atoms with E-state index in [1.165, 1.54) is 27.5 Å². The van der Waals surface area contributed by atoms with E-state index in [4.69, 9.17) is 13.9 Å². The van der Waals surface area contributed by atoms with Crippen molar-refractivity contribution in [2.75, 3.05) is 38.3 Å². The number of nitrogens with zero attached hydrogens (tertiary/aromatic N) is 3. The molecular formula is C25H23N3O7S2. The number of hydrogen-bond donors (Lipinski definition) is 0. The van der Waals surface area contributed by atoms with Crippen molar-refractivity contribution in [3.05, 3.63) is 63.0 Å². The largest absolute Gasteiger partial charge is 0.497 e. The van der Waals surface area contributed by atoms with Gasteiger partial charge in [0.1, 0.15) is 23.3 Å². The molecule has 0 saturated carbocycles. The van der Waals surface area contributed by atoms with Crippen molar-refractivity contribution in [3.63, 3.8) is 0 Å². The molecule has 0 aliphatic carbocycles. The molecule has 1 aromatic carbocycles. The number of carbonyl (C=O) groups is 3. The summed E-state index contributed by atoms with van der Waals surface area (Å²) in [5.74, 6) is -1.15. The van der Waals surface area contributed by atoms with Gasteiger partial charge >= 0.3 is 4.87 Å². The second-order valence-corrected chi connectivity index (χ2v) is 11.0. The third-order valence-corrected chi connectivity index (χ3v) is 9.49. The first kappa shape index (κ1) is 24.0. The number of imide groups is 1. The Balaban J connectivity index is 1.39. The number of benzene rings is 1. The Labute approximate surface area is 219 Å². The summed E-state index contributed by atoms with van der Waals surface area (Å²) in [7, 11) is 1.54. The summed E-state index contributed by atoms with van der Waals surface area (Å²) >= 11 is 2.18. The van der Waals surface area contributed by atoms with Crippen LogP contribution in [0.1, 0.15) is 16.6 Å². The highest BCUT2D eigenvalue weighted by atomic mass is 32.2. The molecule has 2 saturated heterocycles. The van der Waals surface area contributed by atoms with Gasteiger partial charge in [-0.3, -0.25) is 23.7 Å². The number of thiazole rings is 1. The second kappa shape index (κ2) is 9.51. The van der Waals surface area contributed by atoms with Crippen molar-refractivity contribution in [3.8, 4) is 5.75 Å². The molecule has 3 amide bonds. The highest BCUT2D eigenvalue weighted by Crippen LogP contribution is 2.54. The van der Waals surface area contributed by atoms with E-state index >= 15 is 0 Å². The van der Waals surface area contributed by atoms with Crippen molar-refractivity contribution < 1.29 is 28.3 Å². The van der Waals surface area contributed by atoms with Crippen molar-refractivity contribution in [2.45, 2.75) is 22.7 Å². The van der Waals surface area contributed by atoms with Crippen LogP contribution in [0, 0.1) is 5.92 Å². The molecule has 3 aliphatic heterocycles. The number of rotatable bonds is 5. The lowest BCUT2D eigenvalue weighted by molar-refractivity contribution is -0.136. The molecule has 6 rings (SSSR count). The van der Waals surface area contributed by atoms with E-state index in [9.17, 15) is 19.2 Å². The lowest BCUT2D eigenvalue weighted by Gasteiger charge is -2.30. The van der Waals surface area contributed by atoms with Crippen LogP contribution in [-0.4, -0.2) is 65.9 Å². The van der Waals surface area contributed by atoms with E-state index in [1.807, 2.05) is 0 Å². The lowest BCUT2D eigenvalue weighted by atomic mass is 9.87. The smallest absolute Gasteiger partial charge is 0.308 e. The summed E-state index contributed by atoms with van der Waals surface area (Å²) in [6.07, 6.45) is 1.51. The predicted molar refractivity (Wildman–Crippen MR) is 135 cm³/mol. The maximum absolute atomic E-state index is 13.8. The van der Waals surface area contributed by atoms with E-state index < -0.39 is 17.1 Å². The summed E-state index contributed by atoms with van der Waals surface area (Å²) < 4.78 is 17.7. The second-order valence-electron chi connectivity index (χ2n) is 8.88. The van der Waals surface area contributed by atoms with Crippen molar-refractivity contribution in [1.29, 1.82) is 0 Å². The normalized spacial score (nSPS) is 23.2. The molecule has 0 bridgehead atoms. The molecule has 0 radical (unpaired) electrons. The molecule has 10 nitrogen and oxygen atoms in total. The minimum atomic E-state index is -0.768. The van der Waals surface area contributed by atoms with Gasteiger partial charge in [-0.05, 0) is 36.4 Å². The SMILES string of the molecule is COc1ccc(N2C(=O)[C@H]3[C@H](c4ccco4)c4sc(=O)n(CC(=O)N5CCOCC5)c4S[C@H]3C2=O)cc1. The van der Waals surface area contributed by atoms with E-state index in [1.54, 1.807) is 48.4 Å². The molecule has 12 heteroatoms. The van der Waals surface area contributed by atoms with Gasteiger partial charge in [0, 0.05) is 13.1 Å². The van der Waals surface area contributed by atoms with Gasteiger partial charge in [0.15, 0.2) is 0 Å². The van der Waals surface area contributed by atoms with Gasteiger partial charge in [0.25, 0.3) is 0 Å². The van der Waals surface area contributed by atoms with E-state index in [-0.39, 0.29) is 29.1 Å². The average molecular weight is 542 g/mol. The minimum Gasteiger partial charge on any atom is -0.497 e. The number of amides is 3. The molecule has 0 N–H and O–H groups in total. The van der Waals surface area contributed by atoms with Crippen LogP contribution < -0.4 is 14.5 Å². The molecule has 3 aromatic rings. The summed E-state index contributed by atoms with van der Waals surface area (Å²) in [5.41, 5.74) is 0.451. The minimum absolute atomic E-state index is 0.135. The highest BCUT2D eigenvalue weighted by Gasteiger charge is 2.57. The number of methoxy groups -OCH3 is 1. The Morgan fingerprint density at radius 2 is 1.84 bits per heavy atom. The molecular weight excluding hydrogens is 518 g/mol. The molecule has 0 spiro atoms. The van der Waals surface area contributed by atoms with Crippen LogP contribution >= 0.6 is 23.1 Å². The zero-order valence-corrected chi connectivity index (χ0v) is 21.5. The number of fused-ring (bicyclic) bond motifs is 2. The van der Waals surface area contributed by atoms with E-state index in [0.717, 1.165) is 11.3 Å².